The van der Waals surface area contributed by atoms with Crippen molar-refractivity contribution >= 4 is 11.6 Å². The summed E-state index contributed by atoms with van der Waals surface area (Å²) >= 11 is 5.59. The highest BCUT2D eigenvalue weighted by Crippen LogP contribution is 2.11. The molecule has 0 aromatic rings. The molecule has 108 valence electrons. The fourth-order valence-electron chi connectivity index (χ4n) is 1.91. The van der Waals surface area contributed by atoms with E-state index < -0.39 is 0 Å². The van der Waals surface area contributed by atoms with E-state index in [2.05, 4.69) is 12.2 Å². The maximum Gasteiger partial charge on any atom is 0.156 e. The molecular weight excluding hydrogens is 248 g/mol. The van der Waals surface area contributed by atoms with Crippen molar-refractivity contribution in [1.29, 1.82) is 0 Å². The molecular formula is C15H29ClO2. The standard InChI is InChI=1S/C15H29ClO2/c1-17-15(18-2)13-11-9-7-5-3-4-6-8-10-12-14-16/h8,10,15H,3-7,9,11-14H2,1-2H3/b10-8-. The number of alkyl halides is 1. The zero-order valence-corrected chi connectivity index (χ0v) is 12.8. The van der Waals surface area contributed by atoms with Crippen LogP contribution in [0.5, 0.6) is 0 Å². The molecule has 0 rings (SSSR count). The Morgan fingerprint density at radius 1 is 0.833 bits per heavy atom. The van der Waals surface area contributed by atoms with Crippen LogP contribution in [0.25, 0.3) is 0 Å². The maximum absolute atomic E-state index is 5.59. The summed E-state index contributed by atoms with van der Waals surface area (Å²) in [4.78, 5) is 0. The first-order valence-electron chi connectivity index (χ1n) is 7.11. The summed E-state index contributed by atoms with van der Waals surface area (Å²) in [5.41, 5.74) is 0. The van der Waals surface area contributed by atoms with E-state index in [1.54, 1.807) is 14.2 Å². The van der Waals surface area contributed by atoms with Crippen molar-refractivity contribution in [3.05, 3.63) is 12.2 Å². The van der Waals surface area contributed by atoms with E-state index in [0.29, 0.717) is 0 Å². The summed E-state index contributed by atoms with van der Waals surface area (Å²) in [6.07, 6.45) is 15.4. The highest BCUT2D eigenvalue weighted by Gasteiger charge is 2.03. The third-order valence-corrected chi connectivity index (χ3v) is 3.25. The SMILES string of the molecule is COC(CCCCCCCC/C=C\CCCl)OC. The average Bonchev–Trinajstić information content (AvgIpc) is 2.40. The van der Waals surface area contributed by atoms with Crippen LogP contribution in [0.2, 0.25) is 0 Å². The Labute approximate surface area is 118 Å². The zero-order chi connectivity index (χ0) is 13.5. The first-order valence-corrected chi connectivity index (χ1v) is 7.65. The van der Waals surface area contributed by atoms with Crippen LogP contribution >= 0.6 is 11.6 Å². The maximum atomic E-state index is 5.59. The van der Waals surface area contributed by atoms with Gasteiger partial charge >= 0.3 is 0 Å². The Bertz CT molecular complexity index is 179. The number of allylic oxidation sites excluding steroid dienone is 2. The smallest absolute Gasteiger partial charge is 0.156 e. The van der Waals surface area contributed by atoms with Gasteiger partial charge in [0.2, 0.25) is 0 Å². The fraction of sp³-hybridized carbons (Fsp3) is 0.867. The van der Waals surface area contributed by atoms with E-state index in [1.807, 2.05) is 0 Å². The molecule has 0 atom stereocenters. The molecule has 0 aliphatic rings. The van der Waals surface area contributed by atoms with Gasteiger partial charge in [-0.25, -0.2) is 0 Å². The number of ether oxygens (including phenoxy) is 2. The molecule has 0 N–H and O–H groups in total. The number of halogens is 1. The Hall–Kier alpha value is -0.0500. The van der Waals surface area contributed by atoms with Gasteiger partial charge < -0.3 is 9.47 Å². The summed E-state index contributed by atoms with van der Waals surface area (Å²) < 4.78 is 10.3. The number of hydrogen-bond donors (Lipinski definition) is 0. The van der Waals surface area contributed by atoms with Crippen LogP contribution in [0.15, 0.2) is 12.2 Å². The molecule has 0 saturated carbocycles. The van der Waals surface area contributed by atoms with Crippen LogP contribution in [0.1, 0.15) is 57.8 Å². The van der Waals surface area contributed by atoms with E-state index in [-0.39, 0.29) is 6.29 Å². The predicted octanol–water partition coefficient (Wildman–Crippen LogP) is 4.91. The summed E-state index contributed by atoms with van der Waals surface area (Å²) in [6.45, 7) is 0. The lowest BCUT2D eigenvalue weighted by atomic mass is 10.1. The van der Waals surface area contributed by atoms with Gasteiger partial charge in [-0.3, -0.25) is 0 Å². The highest BCUT2D eigenvalue weighted by molar-refractivity contribution is 6.17. The fourth-order valence-corrected chi connectivity index (χ4v) is 2.04. The van der Waals surface area contributed by atoms with E-state index >= 15 is 0 Å². The summed E-state index contributed by atoms with van der Waals surface area (Å²) in [6, 6.07) is 0. The van der Waals surface area contributed by atoms with E-state index in [1.165, 1.54) is 44.9 Å². The first-order chi connectivity index (χ1) is 8.85. The molecule has 18 heavy (non-hydrogen) atoms. The highest BCUT2D eigenvalue weighted by atomic mass is 35.5. The third kappa shape index (κ3) is 12.4. The van der Waals surface area contributed by atoms with Crippen LogP contribution in [0, 0.1) is 0 Å². The van der Waals surface area contributed by atoms with Crippen molar-refractivity contribution in [3.8, 4) is 0 Å². The van der Waals surface area contributed by atoms with Gasteiger partial charge in [-0.2, -0.15) is 0 Å². The Morgan fingerprint density at radius 3 is 2.00 bits per heavy atom. The van der Waals surface area contributed by atoms with Gasteiger partial charge in [0.25, 0.3) is 0 Å². The molecule has 0 amide bonds. The number of rotatable bonds is 13. The normalized spacial score (nSPS) is 11.8. The lowest BCUT2D eigenvalue weighted by molar-refractivity contribution is -0.107. The largest absolute Gasteiger partial charge is 0.356 e. The minimum atomic E-state index is -0.0166. The van der Waals surface area contributed by atoms with Crippen LogP contribution in [-0.2, 0) is 9.47 Å². The van der Waals surface area contributed by atoms with E-state index in [4.69, 9.17) is 21.1 Å². The van der Waals surface area contributed by atoms with Gasteiger partial charge in [-0.05, 0) is 32.1 Å². The second kappa shape index (κ2) is 15.0. The molecule has 3 heteroatoms. The van der Waals surface area contributed by atoms with Crippen molar-refractivity contribution in [2.24, 2.45) is 0 Å². The molecule has 0 saturated heterocycles. The molecule has 0 aromatic carbocycles. The molecule has 2 nitrogen and oxygen atoms in total. The van der Waals surface area contributed by atoms with Gasteiger partial charge in [0, 0.05) is 20.1 Å². The predicted molar refractivity (Wildman–Crippen MR) is 79.2 cm³/mol. The summed E-state index contributed by atoms with van der Waals surface area (Å²) in [5, 5.41) is 0. The zero-order valence-electron chi connectivity index (χ0n) is 12.0. The van der Waals surface area contributed by atoms with E-state index in [9.17, 15) is 0 Å². The van der Waals surface area contributed by atoms with Gasteiger partial charge in [0.1, 0.15) is 0 Å². The Kier molecular flexibility index (Phi) is 15.0. The average molecular weight is 277 g/mol. The van der Waals surface area contributed by atoms with Crippen LogP contribution in [0.3, 0.4) is 0 Å². The molecule has 0 aliphatic heterocycles. The Morgan fingerprint density at radius 2 is 1.39 bits per heavy atom. The van der Waals surface area contributed by atoms with E-state index in [0.717, 1.165) is 18.7 Å². The van der Waals surface area contributed by atoms with Crippen molar-refractivity contribution in [2.75, 3.05) is 20.1 Å². The second-order valence-electron chi connectivity index (χ2n) is 4.55. The molecule has 0 aromatic heterocycles. The van der Waals surface area contributed by atoms with Crippen LogP contribution < -0.4 is 0 Å². The van der Waals surface area contributed by atoms with Gasteiger partial charge in [-0.1, -0.05) is 37.8 Å². The van der Waals surface area contributed by atoms with Gasteiger partial charge in [0.05, 0.1) is 0 Å². The minimum absolute atomic E-state index is 0.0166. The Balaban J connectivity index is 3.11. The molecule has 0 radical (unpaired) electrons. The van der Waals surface area contributed by atoms with Gasteiger partial charge in [0.15, 0.2) is 6.29 Å². The molecule has 0 unspecified atom stereocenters. The van der Waals surface area contributed by atoms with Crippen LogP contribution in [0.4, 0.5) is 0 Å². The van der Waals surface area contributed by atoms with Gasteiger partial charge in [-0.15, -0.1) is 11.6 Å². The quantitative estimate of drug-likeness (QED) is 0.206. The number of unbranched alkanes of at least 4 members (excludes halogenated alkanes) is 6. The first kappa shape index (κ1) is 17.9. The molecule has 0 aliphatic carbocycles. The van der Waals surface area contributed by atoms with Crippen molar-refractivity contribution in [2.45, 2.75) is 64.1 Å². The summed E-state index contributed by atoms with van der Waals surface area (Å²) in [7, 11) is 3.40. The van der Waals surface area contributed by atoms with Crippen molar-refractivity contribution < 1.29 is 9.47 Å². The molecule has 0 spiro atoms. The topological polar surface area (TPSA) is 18.5 Å². The second-order valence-corrected chi connectivity index (χ2v) is 4.93. The molecule has 0 fully saturated rings. The van der Waals surface area contributed by atoms with Crippen molar-refractivity contribution in [1.82, 2.24) is 0 Å². The number of hydrogen-bond acceptors (Lipinski definition) is 2. The monoisotopic (exact) mass is 276 g/mol. The lowest BCUT2D eigenvalue weighted by Crippen LogP contribution is -2.12. The third-order valence-electron chi connectivity index (χ3n) is 3.03. The minimum Gasteiger partial charge on any atom is -0.356 e. The summed E-state index contributed by atoms with van der Waals surface area (Å²) in [5.74, 6) is 0.737. The van der Waals surface area contributed by atoms with Crippen molar-refractivity contribution in [3.63, 3.8) is 0 Å². The number of methoxy groups -OCH3 is 2. The van der Waals surface area contributed by atoms with Crippen LogP contribution in [-0.4, -0.2) is 26.4 Å². The molecule has 0 bridgehead atoms. The molecule has 0 heterocycles. The lowest BCUT2D eigenvalue weighted by Gasteiger charge is -2.12.